The summed E-state index contributed by atoms with van der Waals surface area (Å²) in [6.07, 6.45) is 0. The van der Waals surface area contributed by atoms with Crippen molar-refractivity contribution in [2.24, 2.45) is 5.10 Å². The zero-order chi connectivity index (χ0) is 13.8. The minimum Gasteiger partial charge on any atom is -0.277 e. The molecule has 0 bridgehead atoms. The molecule has 19 heavy (non-hydrogen) atoms. The fourth-order valence-corrected chi connectivity index (χ4v) is 2.03. The van der Waals surface area contributed by atoms with E-state index in [0.29, 0.717) is 0 Å². The van der Waals surface area contributed by atoms with Crippen LogP contribution in [0.5, 0.6) is 0 Å². The van der Waals surface area contributed by atoms with Gasteiger partial charge in [-0.2, -0.15) is 5.10 Å². The van der Waals surface area contributed by atoms with Crippen LogP contribution < -0.4 is 5.43 Å². The van der Waals surface area contributed by atoms with Gasteiger partial charge in [-0.15, -0.1) is 0 Å². The Morgan fingerprint density at radius 3 is 2.47 bits per heavy atom. The van der Waals surface area contributed by atoms with E-state index in [0.717, 1.165) is 11.3 Å². The molecular formula is C14H11Cl2FN2. The van der Waals surface area contributed by atoms with E-state index < -0.39 is 5.82 Å². The van der Waals surface area contributed by atoms with Crippen molar-refractivity contribution >= 4 is 34.1 Å². The van der Waals surface area contributed by atoms with Gasteiger partial charge in [-0.05, 0) is 31.2 Å². The summed E-state index contributed by atoms with van der Waals surface area (Å²) >= 11 is 11.9. The highest BCUT2D eigenvalue weighted by molar-refractivity contribution is 6.70. The summed E-state index contributed by atoms with van der Waals surface area (Å²) in [5.41, 5.74) is 4.74. The van der Waals surface area contributed by atoms with E-state index >= 15 is 0 Å². The molecular weight excluding hydrogens is 286 g/mol. The van der Waals surface area contributed by atoms with Crippen molar-refractivity contribution in [3.8, 4) is 0 Å². The summed E-state index contributed by atoms with van der Waals surface area (Å²) in [4.78, 5) is 0. The lowest BCUT2D eigenvalue weighted by Crippen LogP contribution is -2.01. The van der Waals surface area contributed by atoms with Crippen molar-refractivity contribution in [1.29, 1.82) is 0 Å². The van der Waals surface area contributed by atoms with Gasteiger partial charge in [0.25, 0.3) is 0 Å². The van der Waals surface area contributed by atoms with Gasteiger partial charge in [0.2, 0.25) is 0 Å². The zero-order valence-electron chi connectivity index (χ0n) is 10.1. The lowest BCUT2D eigenvalue weighted by molar-refractivity contribution is 0.626. The number of anilines is 1. The first-order valence-electron chi connectivity index (χ1n) is 5.58. The SMILES string of the molecule is Cc1ccc(N/N=C(\Cl)c2c(F)cccc2Cl)cc1. The Kier molecular flexibility index (Phi) is 4.40. The molecule has 0 spiro atoms. The maximum atomic E-state index is 13.6. The number of benzene rings is 2. The number of hydrazone groups is 1. The molecule has 0 aliphatic heterocycles. The van der Waals surface area contributed by atoms with E-state index in [4.69, 9.17) is 23.2 Å². The minimum atomic E-state index is -0.507. The summed E-state index contributed by atoms with van der Waals surface area (Å²) in [5, 5.41) is 4.12. The van der Waals surface area contributed by atoms with E-state index in [2.05, 4.69) is 10.5 Å². The largest absolute Gasteiger partial charge is 0.277 e. The molecule has 2 rings (SSSR count). The first kappa shape index (κ1) is 13.8. The van der Waals surface area contributed by atoms with Crippen molar-refractivity contribution < 1.29 is 4.39 Å². The molecule has 0 aliphatic carbocycles. The minimum absolute atomic E-state index is 0.0244. The van der Waals surface area contributed by atoms with Crippen molar-refractivity contribution in [3.05, 3.63) is 64.4 Å². The topological polar surface area (TPSA) is 24.4 Å². The van der Waals surface area contributed by atoms with Crippen molar-refractivity contribution in [2.75, 3.05) is 5.43 Å². The third kappa shape index (κ3) is 3.46. The summed E-state index contributed by atoms with van der Waals surface area (Å²) in [6.45, 7) is 1.99. The smallest absolute Gasteiger partial charge is 0.160 e. The van der Waals surface area contributed by atoms with Crippen LogP contribution in [0.4, 0.5) is 10.1 Å². The summed E-state index contributed by atoms with van der Waals surface area (Å²) < 4.78 is 13.6. The molecule has 1 N–H and O–H groups in total. The van der Waals surface area contributed by atoms with E-state index in [1.54, 1.807) is 6.07 Å². The van der Waals surface area contributed by atoms with Crippen LogP contribution in [0.1, 0.15) is 11.1 Å². The molecule has 0 amide bonds. The van der Waals surface area contributed by atoms with Crippen LogP contribution in [-0.4, -0.2) is 5.17 Å². The molecule has 0 heterocycles. The van der Waals surface area contributed by atoms with E-state index in [1.807, 2.05) is 31.2 Å². The van der Waals surface area contributed by atoms with Crippen LogP contribution in [0.25, 0.3) is 0 Å². The van der Waals surface area contributed by atoms with Gasteiger partial charge in [-0.1, -0.05) is 47.0 Å². The Bertz CT molecular complexity index is 589. The van der Waals surface area contributed by atoms with Crippen LogP contribution in [-0.2, 0) is 0 Å². The van der Waals surface area contributed by atoms with E-state index in [9.17, 15) is 4.39 Å². The molecule has 0 aromatic heterocycles. The highest BCUT2D eigenvalue weighted by Crippen LogP contribution is 2.21. The molecule has 0 unspecified atom stereocenters. The van der Waals surface area contributed by atoms with Crippen LogP contribution in [0.15, 0.2) is 47.6 Å². The lowest BCUT2D eigenvalue weighted by Gasteiger charge is -2.05. The Morgan fingerprint density at radius 1 is 1.16 bits per heavy atom. The van der Waals surface area contributed by atoms with Gasteiger partial charge in [-0.3, -0.25) is 5.43 Å². The fraction of sp³-hybridized carbons (Fsp3) is 0.0714. The number of halogens is 3. The average molecular weight is 297 g/mol. The zero-order valence-corrected chi connectivity index (χ0v) is 11.6. The second-order valence-electron chi connectivity index (χ2n) is 3.98. The normalized spacial score (nSPS) is 11.5. The van der Waals surface area contributed by atoms with Crippen molar-refractivity contribution in [1.82, 2.24) is 0 Å². The maximum Gasteiger partial charge on any atom is 0.160 e. The third-order valence-corrected chi connectivity index (χ3v) is 3.09. The van der Waals surface area contributed by atoms with Gasteiger partial charge in [0.15, 0.2) is 5.17 Å². The predicted octanol–water partition coefficient (Wildman–Crippen LogP) is 4.80. The molecule has 0 aliphatic rings. The van der Waals surface area contributed by atoms with E-state index in [1.165, 1.54) is 12.1 Å². The first-order chi connectivity index (χ1) is 9.08. The highest BCUT2D eigenvalue weighted by atomic mass is 35.5. The average Bonchev–Trinajstić information content (AvgIpc) is 2.38. The molecule has 5 heteroatoms. The lowest BCUT2D eigenvalue weighted by atomic mass is 10.2. The van der Waals surface area contributed by atoms with Crippen LogP contribution in [0.3, 0.4) is 0 Å². The van der Waals surface area contributed by atoms with Gasteiger partial charge in [0.1, 0.15) is 5.82 Å². The number of aryl methyl sites for hydroxylation is 1. The van der Waals surface area contributed by atoms with Gasteiger partial charge in [0, 0.05) is 0 Å². The molecule has 0 saturated heterocycles. The van der Waals surface area contributed by atoms with Crippen molar-refractivity contribution in [2.45, 2.75) is 6.92 Å². The maximum absolute atomic E-state index is 13.6. The number of nitrogens with zero attached hydrogens (tertiary/aromatic N) is 1. The Hall–Kier alpha value is -1.58. The van der Waals surface area contributed by atoms with Gasteiger partial charge >= 0.3 is 0 Å². The fourth-order valence-electron chi connectivity index (χ4n) is 1.49. The van der Waals surface area contributed by atoms with Crippen LogP contribution >= 0.6 is 23.2 Å². The Labute approximate surface area is 120 Å². The Balaban J connectivity index is 2.22. The monoisotopic (exact) mass is 296 g/mol. The standard InChI is InChI=1S/C14H11Cl2FN2/c1-9-5-7-10(8-6-9)18-19-14(16)13-11(15)3-2-4-12(13)17/h2-8,18H,1H3/b19-14-. The van der Waals surface area contributed by atoms with Gasteiger partial charge in [-0.25, -0.2) is 4.39 Å². The van der Waals surface area contributed by atoms with Gasteiger partial charge < -0.3 is 0 Å². The van der Waals surface area contributed by atoms with Crippen molar-refractivity contribution in [3.63, 3.8) is 0 Å². The number of rotatable bonds is 3. The molecule has 2 nitrogen and oxygen atoms in total. The summed E-state index contributed by atoms with van der Waals surface area (Å²) in [5.74, 6) is -0.507. The molecule has 0 saturated carbocycles. The number of nitrogens with one attached hydrogen (secondary N) is 1. The number of hydrogen-bond donors (Lipinski definition) is 1. The number of hydrogen-bond acceptors (Lipinski definition) is 2. The second-order valence-corrected chi connectivity index (χ2v) is 4.74. The second kappa shape index (κ2) is 6.04. The van der Waals surface area contributed by atoms with Gasteiger partial charge in [0.05, 0.1) is 16.3 Å². The van der Waals surface area contributed by atoms with Crippen LogP contribution in [0, 0.1) is 12.7 Å². The first-order valence-corrected chi connectivity index (χ1v) is 6.34. The predicted molar refractivity (Wildman–Crippen MR) is 78.6 cm³/mol. The third-order valence-electron chi connectivity index (χ3n) is 2.50. The molecule has 0 fully saturated rings. The highest BCUT2D eigenvalue weighted by Gasteiger charge is 2.11. The molecule has 98 valence electrons. The van der Waals surface area contributed by atoms with E-state index in [-0.39, 0.29) is 15.8 Å². The van der Waals surface area contributed by atoms with Crippen LogP contribution in [0.2, 0.25) is 5.02 Å². The molecule has 0 radical (unpaired) electrons. The summed E-state index contributed by atoms with van der Waals surface area (Å²) in [7, 11) is 0. The Morgan fingerprint density at radius 2 is 1.84 bits per heavy atom. The summed E-state index contributed by atoms with van der Waals surface area (Å²) in [6, 6.07) is 11.9. The quantitative estimate of drug-likeness (QED) is 0.638. The molecule has 2 aromatic carbocycles. The molecule has 0 atom stereocenters. The molecule has 2 aromatic rings.